The van der Waals surface area contributed by atoms with E-state index in [0.29, 0.717) is 0 Å². The number of Topliss-reactive ketones (excluding diaryl/α,β-unsaturated/α-hetero) is 1. The van der Waals surface area contributed by atoms with Gasteiger partial charge in [0.1, 0.15) is 0 Å². The van der Waals surface area contributed by atoms with Crippen LogP contribution in [0.25, 0.3) is 0 Å². The van der Waals surface area contributed by atoms with Crippen LogP contribution in [0.3, 0.4) is 0 Å². The maximum Gasteiger partial charge on any atom is 0.452 e. The average Bonchev–Trinajstić information content (AvgIpc) is 1.98. The Balaban J connectivity index is 4.41. The standard InChI is InChI=1S/C5H6F3NO3/c1-12-4(11)2(9)3(10)5(6,7)8/h2H,9H2,1H3. The second-order valence-electron chi connectivity index (χ2n) is 1.86. The van der Waals surface area contributed by atoms with Gasteiger partial charge in [-0.25, -0.2) is 4.79 Å². The smallest absolute Gasteiger partial charge is 0.452 e. The van der Waals surface area contributed by atoms with E-state index in [1.54, 1.807) is 0 Å². The number of hydrogen-bond donors (Lipinski definition) is 1. The van der Waals surface area contributed by atoms with Crippen LogP contribution in [0.4, 0.5) is 13.2 Å². The van der Waals surface area contributed by atoms with E-state index in [9.17, 15) is 22.8 Å². The molecule has 0 spiro atoms. The van der Waals surface area contributed by atoms with Crippen molar-refractivity contribution in [1.29, 1.82) is 0 Å². The molecule has 70 valence electrons. The zero-order chi connectivity index (χ0) is 9.94. The van der Waals surface area contributed by atoms with Crippen LogP contribution in [0.2, 0.25) is 0 Å². The number of ketones is 1. The van der Waals surface area contributed by atoms with Crippen LogP contribution in [0, 0.1) is 0 Å². The number of nitrogens with two attached hydrogens (primary N) is 1. The molecule has 0 saturated heterocycles. The summed E-state index contributed by atoms with van der Waals surface area (Å²) in [5.74, 6) is -3.72. The monoisotopic (exact) mass is 185 g/mol. The largest absolute Gasteiger partial charge is 0.468 e. The fraction of sp³-hybridized carbons (Fsp3) is 0.600. The van der Waals surface area contributed by atoms with Crippen LogP contribution in [0.5, 0.6) is 0 Å². The molecule has 0 radical (unpaired) electrons. The Labute approximate surface area is 65.5 Å². The fourth-order valence-electron chi connectivity index (χ4n) is 0.410. The molecule has 0 aliphatic carbocycles. The lowest BCUT2D eigenvalue weighted by molar-refractivity contribution is -0.176. The van der Waals surface area contributed by atoms with Crippen molar-refractivity contribution in [3.8, 4) is 0 Å². The first-order valence-electron chi connectivity index (χ1n) is 2.75. The lowest BCUT2D eigenvalue weighted by Gasteiger charge is -2.09. The third kappa shape index (κ3) is 2.50. The lowest BCUT2D eigenvalue weighted by atomic mass is 10.2. The van der Waals surface area contributed by atoms with Crippen molar-refractivity contribution < 1.29 is 27.5 Å². The number of carbonyl (C=O) groups excluding carboxylic acids is 2. The Morgan fingerprint density at radius 1 is 1.42 bits per heavy atom. The Kier molecular flexibility index (Phi) is 3.20. The molecule has 0 heterocycles. The number of carbonyl (C=O) groups is 2. The van der Waals surface area contributed by atoms with Crippen LogP contribution in [-0.4, -0.2) is 31.1 Å². The molecular weight excluding hydrogens is 179 g/mol. The van der Waals surface area contributed by atoms with Crippen LogP contribution in [-0.2, 0) is 14.3 Å². The van der Waals surface area contributed by atoms with Crippen molar-refractivity contribution in [2.75, 3.05) is 7.11 Å². The minimum Gasteiger partial charge on any atom is -0.468 e. The van der Waals surface area contributed by atoms with E-state index < -0.39 is 24.0 Å². The van der Waals surface area contributed by atoms with Gasteiger partial charge in [0.15, 0.2) is 6.04 Å². The van der Waals surface area contributed by atoms with Gasteiger partial charge in [0, 0.05) is 0 Å². The van der Waals surface area contributed by atoms with E-state index in [4.69, 9.17) is 0 Å². The van der Waals surface area contributed by atoms with E-state index in [-0.39, 0.29) is 0 Å². The molecule has 4 nitrogen and oxygen atoms in total. The molecule has 0 aromatic rings. The number of methoxy groups -OCH3 is 1. The van der Waals surface area contributed by atoms with Crippen LogP contribution < -0.4 is 5.73 Å². The molecule has 0 aromatic heterocycles. The summed E-state index contributed by atoms with van der Waals surface area (Å²) in [5, 5.41) is 0. The molecular formula is C5H6F3NO3. The molecule has 7 heteroatoms. The molecule has 12 heavy (non-hydrogen) atoms. The summed E-state index contributed by atoms with van der Waals surface area (Å²) in [4.78, 5) is 20.5. The molecule has 0 aliphatic rings. The van der Waals surface area contributed by atoms with E-state index in [1.165, 1.54) is 0 Å². The van der Waals surface area contributed by atoms with E-state index in [1.807, 2.05) is 0 Å². The first kappa shape index (κ1) is 10.9. The van der Waals surface area contributed by atoms with Gasteiger partial charge in [-0.2, -0.15) is 13.2 Å². The molecule has 0 aliphatic heterocycles. The van der Waals surface area contributed by atoms with Gasteiger partial charge in [-0.1, -0.05) is 0 Å². The molecule has 1 atom stereocenters. The van der Waals surface area contributed by atoms with Crippen molar-refractivity contribution in [1.82, 2.24) is 0 Å². The normalized spacial score (nSPS) is 13.8. The van der Waals surface area contributed by atoms with Gasteiger partial charge in [-0.15, -0.1) is 0 Å². The number of halogens is 3. The minimum atomic E-state index is -5.10. The highest BCUT2D eigenvalue weighted by molar-refractivity contribution is 6.05. The SMILES string of the molecule is COC(=O)C(N)C(=O)C(F)(F)F. The van der Waals surface area contributed by atoms with E-state index in [0.717, 1.165) is 7.11 Å². The third-order valence-electron chi connectivity index (χ3n) is 1.02. The summed E-state index contributed by atoms with van der Waals surface area (Å²) in [6.07, 6.45) is -5.10. The summed E-state index contributed by atoms with van der Waals surface area (Å²) >= 11 is 0. The van der Waals surface area contributed by atoms with Crippen molar-refractivity contribution in [3.05, 3.63) is 0 Å². The zero-order valence-electron chi connectivity index (χ0n) is 6.01. The number of hydrogen-bond acceptors (Lipinski definition) is 4. The van der Waals surface area contributed by atoms with Crippen LogP contribution in [0.15, 0.2) is 0 Å². The summed E-state index contributed by atoms with van der Waals surface area (Å²) in [7, 11) is 0.839. The van der Waals surface area contributed by atoms with Gasteiger partial charge in [0.2, 0.25) is 0 Å². The van der Waals surface area contributed by atoms with Crippen molar-refractivity contribution in [2.45, 2.75) is 12.2 Å². The van der Waals surface area contributed by atoms with Crippen molar-refractivity contribution >= 4 is 11.8 Å². The predicted octanol–water partition coefficient (Wildman–Crippen LogP) is -0.382. The molecule has 0 aromatic carbocycles. The van der Waals surface area contributed by atoms with Gasteiger partial charge in [0.05, 0.1) is 7.11 Å². The van der Waals surface area contributed by atoms with Crippen LogP contribution in [0.1, 0.15) is 0 Å². The van der Waals surface area contributed by atoms with Gasteiger partial charge < -0.3 is 10.5 Å². The Hall–Kier alpha value is -1.11. The molecule has 0 amide bonds. The van der Waals surface area contributed by atoms with E-state index >= 15 is 0 Å². The van der Waals surface area contributed by atoms with Gasteiger partial charge in [-0.05, 0) is 0 Å². The highest BCUT2D eigenvalue weighted by atomic mass is 19.4. The summed E-state index contributed by atoms with van der Waals surface area (Å²) in [6, 6.07) is -2.28. The summed E-state index contributed by atoms with van der Waals surface area (Å²) in [6.45, 7) is 0. The second-order valence-corrected chi connectivity index (χ2v) is 1.86. The van der Waals surface area contributed by atoms with Crippen molar-refractivity contribution in [3.63, 3.8) is 0 Å². The molecule has 0 fully saturated rings. The maximum absolute atomic E-state index is 11.6. The number of esters is 1. The topological polar surface area (TPSA) is 69.4 Å². The summed E-state index contributed by atoms with van der Waals surface area (Å²) in [5.41, 5.74) is 4.61. The number of alkyl halides is 3. The summed E-state index contributed by atoms with van der Waals surface area (Å²) < 4.78 is 38.5. The number of rotatable bonds is 2. The fourth-order valence-corrected chi connectivity index (χ4v) is 0.410. The van der Waals surface area contributed by atoms with Gasteiger partial charge in [-0.3, -0.25) is 4.79 Å². The highest BCUT2D eigenvalue weighted by Gasteiger charge is 2.45. The highest BCUT2D eigenvalue weighted by Crippen LogP contribution is 2.17. The zero-order valence-corrected chi connectivity index (χ0v) is 6.01. The minimum absolute atomic E-state index is 0.839. The van der Waals surface area contributed by atoms with Gasteiger partial charge >= 0.3 is 12.1 Å². The molecule has 0 saturated carbocycles. The first-order chi connectivity index (χ1) is 5.30. The molecule has 0 rings (SSSR count). The molecule has 0 bridgehead atoms. The Morgan fingerprint density at radius 2 is 1.83 bits per heavy atom. The first-order valence-corrected chi connectivity index (χ1v) is 2.75. The quantitative estimate of drug-likeness (QED) is 0.470. The second kappa shape index (κ2) is 3.53. The third-order valence-corrected chi connectivity index (χ3v) is 1.02. The predicted molar refractivity (Wildman–Crippen MR) is 31.1 cm³/mol. The Morgan fingerprint density at radius 3 is 2.08 bits per heavy atom. The average molecular weight is 185 g/mol. The lowest BCUT2D eigenvalue weighted by Crippen LogP contribution is -2.46. The molecule has 1 unspecified atom stereocenters. The van der Waals surface area contributed by atoms with Gasteiger partial charge in [0.25, 0.3) is 5.78 Å². The number of ether oxygens (including phenoxy) is 1. The van der Waals surface area contributed by atoms with Crippen LogP contribution >= 0.6 is 0 Å². The van der Waals surface area contributed by atoms with Crippen molar-refractivity contribution in [2.24, 2.45) is 5.73 Å². The molecule has 2 N–H and O–H groups in total. The Bertz CT molecular complexity index is 201. The van der Waals surface area contributed by atoms with E-state index in [2.05, 4.69) is 10.5 Å². The maximum atomic E-state index is 11.6.